The smallest absolute Gasteiger partial charge is 0.175 e. The molecule has 0 radical (unpaired) electrons. The van der Waals surface area contributed by atoms with Gasteiger partial charge >= 0.3 is 0 Å². The molecule has 1 aliphatic heterocycles. The summed E-state index contributed by atoms with van der Waals surface area (Å²) in [6, 6.07) is 8.12. The molecule has 0 spiro atoms. The third-order valence-electron chi connectivity index (χ3n) is 8.58. The summed E-state index contributed by atoms with van der Waals surface area (Å²) >= 11 is 0. The van der Waals surface area contributed by atoms with Gasteiger partial charge in [0.25, 0.3) is 0 Å². The Bertz CT molecular complexity index is 675. The van der Waals surface area contributed by atoms with E-state index in [-0.39, 0.29) is 12.5 Å². The van der Waals surface area contributed by atoms with E-state index in [0.29, 0.717) is 13.2 Å². The lowest BCUT2D eigenvalue weighted by Crippen LogP contribution is -2.45. The Kier molecular flexibility index (Phi) is 21.2. The highest BCUT2D eigenvalue weighted by atomic mass is 16.6. The fourth-order valence-electron chi connectivity index (χ4n) is 5.69. The maximum absolute atomic E-state index is 6.38. The number of unbranched alkanes of at least 4 members (excludes halogenated alkanes) is 18. The van der Waals surface area contributed by atoms with Gasteiger partial charge in [0.05, 0.1) is 13.2 Å². The van der Waals surface area contributed by atoms with Gasteiger partial charge in [-0.05, 0) is 39.1 Å². The first-order valence-electron chi connectivity index (χ1n) is 17.6. The van der Waals surface area contributed by atoms with E-state index < -0.39 is 0 Å². The van der Waals surface area contributed by atoms with Crippen molar-refractivity contribution < 1.29 is 14.2 Å². The van der Waals surface area contributed by atoms with Gasteiger partial charge in [0.2, 0.25) is 0 Å². The molecule has 1 aliphatic rings. The maximum Gasteiger partial charge on any atom is 0.175 e. The van der Waals surface area contributed by atoms with Crippen LogP contribution in [0.5, 0.6) is 11.5 Å². The van der Waals surface area contributed by atoms with Crippen LogP contribution >= 0.6 is 0 Å². The van der Waals surface area contributed by atoms with Crippen molar-refractivity contribution in [1.29, 1.82) is 0 Å². The molecule has 41 heavy (non-hydrogen) atoms. The van der Waals surface area contributed by atoms with E-state index in [2.05, 4.69) is 37.7 Å². The van der Waals surface area contributed by atoms with Crippen LogP contribution in [-0.4, -0.2) is 62.7 Å². The Labute approximate surface area is 254 Å². The topological polar surface area (TPSA) is 34.2 Å². The molecule has 1 aromatic carbocycles. The third kappa shape index (κ3) is 17.4. The van der Waals surface area contributed by atoms with Crippen molar-refractivity contribution in [2.45, 2.75) is 155 Å². The normalized spacial score (nSPS) is 17.5. The molecule has 0 saturated carbocycles. The number of hydrogen-bond donors (Lipinski definition) is 0. The van der Waals surface area contributed by atoms with Crippen LogP contribution in [0.25, 0.3) is 0 Å². The van der Waals surface area contributed by atoms with Crippen LogP contribution in [0.1, 0.15) is 142 Å². The molecule has 2 rings (SSSR count). The van der Waals surface area contributed by atoms with Crippen molar-refractivity contribution in [1.82, 2.24) is 9.80 Å². The molecule has 1 heterocycles. The fraction of sp³-hybridized carbons (Fsp3) is 0.833. The second-order valence-corrected chi connectivity index (χ2v) is 12.5. The maximum atomic E-state index is 6.38. The van der Waals surface area contributed by atoms with Crippen LogP contribution < -0.4 is 9.47 Å². The van der Waals surface area contributed by atoms with Crippen LogP contribution in [0, 0.1) is 0 Å². The Morgan fingerprint density at radius 3 is 1.24 bits per heavy atom. The predicted molar refractivity (Wildman–Crippen MR) is 175 cm³/mol. The molecule has 2 unspecified atom stereocenters. The molecule has 238 valence electrons. The van der Waals surface area contributed by atoms with Crippen LogP contribution in [-0.2, 0) is 4.74 Å². The predicted octanol–water partition coefficient (Wildman–Crippen LogP) is 9.83. The molecule has 2 bridgehead atoms. The van der Waals surface area contributed by atoms with E-state index in [4.69, 9.17) is 14.2 Å². The number of ether oxygens (including phenoxy) is 3. The number of nitrogens with zero attached hydrogens (tertiary/aromatic N) is 2. The van der Waals surface area contributed by atoms with Gasteiger partial charge in [-0.15, -0.1) is 0 Å². The van der Waals surface area contributed by atoms with Crippen LogP contribution in [0.15, 0.2) is 24.3 Å². The Morgan fingerprint density at radius 1 is 0.537 bits per heavy atom. The SMILES string of the molecule is CCCCCCCCCCCCN(C)C1COCC(N(C)CCCCCCCCCCCC)Oc2cccc(c2)O1. The molecule has 5 heteroatoms. The third-order valence-corrected chi connectivity index (χ3v) is 8.58. The summed E-state index contributed by atoms with van der Waals surface area (Å²) in [5.74, 6) is 1.70. The number of rotatable bonds is 24. The average molecular weight is 575 g/mol. The summed E-state index contributed by atoms with van der Waals surface area (Å²) in [6.45, 7) is 7.73. The van der Waals surface area contributed by atoms with E-state index in [1.54, 1.807) is 0 Å². The zero-order valence-corrected chi connectivity index (χ0v) is 27.6. The lowest BCUT2D eigenvalue weighted by atomic mass is 10.1. The van der Waals surface area contributed by atoms with E-state index in [0.717, 1.165) is 24.6 Å². The van der Waals surface area contributed by atoms with E-state index >= 15 is 0 Å². The Morgan fingerprint density at radius 2 is 0.878 bits per heavy atom. The minimum absolute atomic E-state index is 0.0881. The molecule has 5 nitrogen and oxygen atoms in total. The van der Waals surface area contributed by atoms with Crippen LogP contribution in [0.2, 0.25) is 0 Å². The molecule has 1 aromatic rings. The van der Waals surface area contributed by atoms with Crippen molar-refractivity contribution >= 4 is 0 Å². The second kappa shape index (κ2) is 24.2. The first-order chi connectivity index (χ1) is 20.1. The van der Waals surface area contributed by atoms with Gasteiger partial charge in [0.1, 0.15) is 11.5 Å². The van der Waals surface area contributed by atoms with Gasteiger partial charge in [-0.1, -0.05) is 135 Å². The van der Waals surface area contributed by atoms with Crippen molar-refractivity contribution in [3.05, 3.63) is 24.3 Å². The molecule has 0 amide bonds. The summed E-state index contributed by atoms with van der Waals surface area (Å²) in [5, 5.41) is 0. The van der Waals surface area contributed by atoms with Gasteiger partial charge in [-0.3, -0.25) is 9.80 Å². The standard InChI is InChI=1S/C36H66N2O3/c1-5-7-9-11-13-15-17-19-21-23-28-37(3)35-31-39-32-36(41-34-27-25-26-33(30-34)40-35)38(4)29-24-22-20-18-16-14-12-10-8-6-2/h25-27,30,35-36H,5-24,28-29,31-32H2,1-4H3. The molecule has 0 aliphatic carbocycles. The number of hydrogen-bond acceptors (Lipinski definition) is 5. The van der Waals surface area contributed by atoms with Gasteiger partial charge in [-0.2, -0.15) is 0 Å². The highest BCUT2D eigenvalue weighted by molar-refractivity contribution is 5.33. The molecule has 0 aromatic heterocycles. The molecule has 0 N–H and O–H groups in total. The minimum Gasteiger partial charge on any atom is -0.473 e. The number of likely N-dealkylation sites (N-methyl/N-ethyl adjacent to an activating group) is 2. The van der Waals surface area contributed by atoms with Crippen LogP contribution in [0.4, 0.5) is 0 Å². The van der Waals surface area contributed by atoms with Crippen molar-refractivity contribution in [2.75, 3.05) is 40.4 Å². The van der Waals surface area contributed by atoms with E-state index in [9.17, 15) is 0 Å². The quantitative estimate of drug-likeness (QED) is 0.115. The zero-order chi connectivity index (χ0) is 29.4. The summed E-state index contributed by atoms with van der Waals surface area (Å²) in [7, 11) is 4.34. The molecular formula is C36H66N2O3. The lowest BCUT2D eigenvalue weighted by molar-refractivity contribution is -0.0791. The fourth-order valence-corrected chi connectivity index (χ4v) is 5.69. The van der Waals surface area contributed by atoms with Gasteiger partial charge in [0, 0.05) is 19.2 Å². The number of fused-ring (bicyclic) bond motifs is 2. The van der Waals surface area contributed by atoms with Gasteiger partial charge < -0.3 is 14.2 Å². The van der Waals surface area contributed by atoms with Gasteiger partial charge in [-0.25, -0.2) is 0 Å². The first-order valence-corrected chi connectivity index (χ1v) is 17.6. The van der Waals surface area contributed by atoms with Crippen LogP contribution in [0.3, 0.4) is 0 Å². The largest absolute Gasteiger partial charge is 0.473 e. The van der Waals surface area contributed by atoms with Gasteiger partial charge in [0.15, 0.2) is 12.5 Å². The molecular weight excluding hydrogens is 508 g/mol. The summed E-state index contributed by atoms with van der Waals surface area (Å²) < 4.78 is 19.0. The molecule has 0 saturated heterocycles. The average Bonchev–Trinajstić information content (AvgIpc) is 2.97. The van der Waals surface area contributed by atoms with Crippen molar-refractivity contribution in [3.63, 3.8) is 0 Å². The molecule has 0 fully saturated rings. The summed E-state index contributed by atoms with van der Waals surface area (Å²) in [6.07, 6.45) is 27.0. The highest BCUT2D eigenvalue weighted by Gasteiger charge is 2.23. The second-order valence-electron chi connectivity index (χ2n) is 12.5. The molecule has 2 atom stereocenters. The monoisotopic (exact) mass is 575 g/mol. The highest BCUT2D eigenvalue weighted by Crippen LogP contribution is 2.24. The van der Waals surface area contributed by atoms with Crippen molar-refractivity contribution in [2.24, 2.45) is 0 Å². The lowest BCUT2D eigenvalue weighted by Gasteiger charge is -2.33. The van der Waals surface area contributed by atoms with E-state index in [1.165, 1.54) is 128 Å². The Balaban J connectivity index is 1.69. The summed E-state index contributed by atoms with van der Waals surface area (Å²) in [5.41, 5.74) is 0. The Hall–Kier alpha value is -1.30. The van der Waals surface area contributed by atoms with Crippen molar-refractivity contribution in [3.8, 4) is 11.5 Å². The minimum atomic E-state index is -0.0881. The first kappa shape index (κ1) is 35.9. The zero-order valence-electron chi connectivity index (χ0n) is 27.6. The number of benzene rings is 1. The summed E-state index contributed by atoms with van der Waals surface area (Å²) in [4.78, 5) is 4.64. The van der Waals surface area contributed by atoms with E-state index in [1.807, 2.05) is 24.3 Å².